The highest BCUT2D eigenvalue weighted by atomic mass is 32.2. The Hall–Kier alpha value is -2.39. The van der Waals surface area contributed by atoms with Gasteiger partial charge in [0.2, 0.25) is 6.08 Å². The molecule has 2 aromatic rings. The summed E-state index contributed by atoms with van der Waals surface area (Å²) in [5.41, 5.74) is 2.17. The third-order valence-electron chi connectivity index (χ3n) is 5.83. The lowest BCUT2D eigenvalue weighted by molar-refractivity contribution is 0.307. The molecule has 1 aromatic carbocycles. The van der Waals surface area contributed by atoms with E-state index in [2.05, 4.69) is 19.7 Å². The van der Waals surface area contributed by atoms with Crippen molar-refractivity contribution in [1.29, 1.82) is 0 Å². The Morgan fingerprint density at radius 1 is 1.28 bits per heavy atom. The molecule has 3 rings (SSSR count). The minimum absolute atomic E-state index is 0.00141. The summed E-state index contributed by atoms with van der Waals surface area (Å²) in [7, 11) is -0.129. The molecule has 1 heterocycles. The average molecular weight is 464 g/mol. The standard InChI is InChI=1S/C22H30FN5O3S/c1-14(2)19-8-16(23)9-20(22(19)24-13-29)15(3)11-25-32(30,31)21-10-18(28(5)26-21)12-27(4)17-6-7-17/h8-10,14-15,17,25H,6-7,11-12H2,1-5H3. The van der Waals surface area contributed by atoms with Crippen LogP contribution in [0.3, 0.4) is 0 Å². The summed E-state index contributed by atoms with van der Waals surface area (Å²) in [5.74, 6) is -0.965. The van der Waals surface area contributed by atoms with E-state index in [9.17, 15) is 17.6 Å². The summed E-state index contributed by atoms with van der Waals surface area (Å²) in [5, 5.41) is 4.12. The maximum absolute atomic E-state index is 14.2. The van der Waals surface area contributed by atoms with E-state index < -0.39 is 21.8 Å². The van der Waals surface area contributed by atoms with Crippen molar-refractivity contribution in [1.82, 2.24) is 19.4 Å². The van der Waals surface area contributed by atoms with Crippen molar-refractivity contribution >= 4 is 21.8 Å². The van der Waals surface area contributed by atoms with Crippen molar-refractivity contribution in [3.05, 3.63) is 40.8 Å². The summed E-state index contributed by atoms with van der Waals surface area (Å²) in [6.07, 6.45) is 3.85. The molecule has 10 heteroatoms. The highest BCUT2D eigenvalue weighted by molar-refractivity contribution is 7.89. The lowest BCUT2D eigenvalue weighted by Crippen LogP contribution is -2.28. The zero-order valence-corrected chi connectivity index (χ0v) is 19.9. The smallest absolute Gasteiger partial charge is 0.259 e. The second-order valence-electron chi connectivity index (χ2n) is 8.79. The van der Waals surface area contributed by atoms with Crippen molar-refractivity contribution in [3.63, 3.8) is 0 Å². The molecule has 0 bridgehead atoms. The van der Waals surface area contributed by atoms with Crippen LogP contribution in [-0.4, -0.2) is 48.8 Å². The van der Waals surface area contributed by atoms with Gasteiger partial charge in [-0.2, -0.15) is 10.1 Å². The fourth-order valence-electron chi connectivity index (χ4n) is 3.71. The molecule has 0 spiro atoms. The van der Waals surface area contributed by atoms with Crippen LogP contribution in [0, 0.1) is 5.82 Å². The van der Waals surface area contributed by atoms with Gasteiger partial charge in [0.25, 0.3) is 10.0 Å². The lowest BCUT2D eigenvalue weighted by atomic mass is 9.92. The fraction of sp³-hybridized carbons (Fsp3) is 0.545. The number of benzene rings is 1. The van der Waals surface area contributed by atoms with Crippen LogP contribution < -0.4 is 4.72 Å². The molecule has 1 aromatic heterocycles. The summed E-state index contributed by atoms with van der Waals surface area (Å²) >= 11 is 0. The van der Waals surface area contributed by atoms with E-state index >= 15 is 0 Å². The zero-order valence-electron chi connectivity index (χ0n) is 19.1. The quantitative estimate of drug-likeness (QED) is 0.431. The number of aliphatic imine (C=N–C) groups is 1. The fourth-order valence-corrected chi connectivity index (χ4v) is 4.85. The largest absolute Gasteiger partial charge is 0.298 e. The topological polar surface area (TPSA) is 96.7 Å². The van der Waals surface area contributed by atoms with Gasteiger partial charge >= 0.3 is 0 Å². The first-order chi connectivity index (χ1) is 15.0. The minimum Gasteiger partial charge on any atom is -0.298 e. The number of isocyanates is 1. The molecule has 1 N–H and O–H groups in total. The first-order valence-corrected chi connectivity index (χ1v) is 12.2. The van der Waals surface area contributed by atoms with Crippen LogP contribution in [0.15, 0.2) is 28.2 Å². The van der Waals surface area contributed by atoms with Crippen LogP contribution in [0.1, 0.15) is 62.3 Å². The van der Waals surface area contributed by atoms with Gasteiger partial charge in [0, 0.05) is 32.2 Å². The van der Waals surface area contributed by atoms with Crippen LogP contribution in [0.2, 0.25) is 0 Å². The van der Waals surface area contributed by atoms with Crippen molar-refractivity contribution in [2.45, 2.75) is 63.1 Å². The molecule has 1 aliphatic carbocycles. The Morgan fingerprint density at radius 2 is 1.94 bits per heavy atom. The summed E-state index contributed by atoms with van der Waals surface area (Å²) in [4.78, 5) is 16.9. The van der Waals surface area contributed by atoms with Crippen molar-refractivity contribution in [2.75, 3.05) is 13.6 Å². The molecule has 1 atom stereocenters. The second-order valence-corrected chi connectivity index (χ2v) is 10.5. The molecule has 0 amide bonds. The van der Waals surface area contributed by atoms with E-state index in [-0.39, 0.29) is 17.5 Å². The second kappa shape index (κ2) is 9.62. The van der Waals surface area contributed by atoms with E-state index in [0.29, 0.717) is 29.4 Å². The van der Waals surface area contributed by atoms with Crippen molar-refractivity contribution in [3.8, 4) is 0 Å². The average Bonchev–Trinajstić information content (AvgIpc) is 3.51. The maximum atomic E-state index is 14.2. The first kappa shape index (κ1) is 24.3. The Balaban J connectivity index is 1.78. The van der Waals surface area contributed by atoms with Crippen molar-refractivity contribution < 1.29 is 17.6 Å². The Bertz CT molecular complexity index is 1130. The van der Waals surface area contributed by atoms with Crippen molar-refractivity contribution in [2.24, 2.45) is 12.0 Å². The van der Waals surface area contributed by atoms with E-state index in [1.165, 1.54) is 18.2 Å². The molecule has 8 nitrogen and oxygen atoms in total. The minimum atomic E-state index is -3.87. The molecule has 0 saturated heterocycles. The molecule has 1 saturated carbocycles. The van der Waals surface area contributed by atoms with Gasteiger partial charge in [-0.15, -0.1) is 0 Å². The Morgan fingerprint density at radius 3 is 2.53 bits per heavy atom. The lowest BCUT2D eigenvalue weighted by Gasteiger charge is -2.18. The summed E-state index contributed by atoms with van der Waals surface area (Å²) in [6.45, 7) is 6.11. The molecule has 0 aliphatic heterocycles. The summed E-state index contributed by atoms with van der Waals surface area (Å²) in [6, 6.07) is 4.75. The third-order valence-corrected chi connectivity index (χ3v) is 7.13. The molecule has 32 heavy (non-hydrogen) atoms. The Kier molecular flexibility index (Phi) is 7.29. The highest BCUT2D eigenvalue weighted by Crippen LogP contribution is 2.35. The number of aromatic nitrogens is 2. The van der Waals surface area contributed by atoms with E-state index in [1.54, 1.807) is 24.7 Å². The predicted octanol–water partition coefficient (Wildman–Crippen LogP) is 3.33. The number of halogens is 1. The van der Waals surface area contributed by atoms with Crippen LogP contribution in [0.25, 0.3) is 0 Å². The van der Waals surface area contributed by atoms with Gasteiger partial charge in [-0.1, -0.05) is 20.8 Å². The van der Waals surface area contributed by atoms with Gasteiger partial charge in [-0.3, -0.25) is 9.58 Å². The van der Waals surface area contributed by atoms with Gasteiger partial charge in [-0.05, 0) is 55.0 Å². The third kappa shape index (κ3) is 5.50. The van der Waals surface area contributed by atoms with Gasteiger partial charge < -0.3 is 0 Å². The van der Waals surface area contributed by atoms with Crippen LogP contribution in [-0.2, 0) is 28.4 Å². The maximum Gasteiger partial charge on any atom is 0.259 e. The van der Waals surface area contributed by atoms with Crippen LogP contribution in [0.5, 0.6) is 0 Å². The zero-order chi connectivity index (χ0) is 23.6. The number of rotatable bonds is 10. The van der Waals surface area contributed by atoms with Gasteiger partial charge in [0.15, 0.2) is 5.03 Å². The molecule has 0 radical (unpaired) electrons. The number of sulfonamides is 1. The number of aryl methyl sites for hydroxylation is 1. The molecule has 1 aliphatic rings. The van der Waals surface area contributed by atoms with Crippen LogP contribution >= 0.6 is 0 Å². The number of hydrogen-bond acceptors (Lipinski definition) is 6. The number of hydrogen-bond donors (Lipinski definition) is 1. The Labute approximate surface area is 188 Å². The number of carbonyl (C=O) groups excluding carboxylic acids is 1. The van der Waals surface area contributed by atoms with Gasteiger partial charge in [0.1, 0.15) is 5.82 Å². The van der Waals surface area contributed by atoms with E-state index in [4.69, 9.17) is 0 Å². The molecule has 174 valence electrons. The van der Waals surface area contributed by atoms with E-state index in [1.807, 2.05) is 20.9 Å². The number of nitrogens with one attached hydrogen (secondary N) is 1. The molecular formula is C22H30FN5O3S. The predicted molar refractivity (Wildman–Crippen MR) is 120 cm³/mol. The number of nitrogens with zero attached hydrogens (tertiary/aromatic N) is 4. The van der Waals surface area contributed by atoms with Gasteiger partial charge in [0.05, 0.1) is 11.4 Å². The SMILES string of the molecule is CC(C)c1cc(F)cc(C(C)CNS(=O)(=O)c2cc(CN(C)C3CC3)n(C)n2)c1N=C=O. The normalized spacial score (nSPS) is 15.2. The molecule has 1 fully saturated rings. The van der Waals surface area contributed by atoms with E-state index in [0.717, 1.165) is 18.5 Å². The van der Waals surface area contributed by atoms with Crippen LogP contribution in [0.4, 0.5) is 10.1 Å². The van der Waals surface area contributed by atoms with Gasteiger partial charge in [-0.25, -0.2) is 22.3 Å². The molecule has 1 unspecified atom stereocenters. The monoisotopic (exact) mass is 463 g/mol. The first-order valence-electron chi connectivity index (χ1n) is 10.7. The molecular weight excluding hydrogens is 433 g/mol. The highest BCUT2D eigenvalue weighted by Gasteiger charge is 2.28. The summed E-state index contributed by atoms with van der Waals surface area (Å²) < 4.78 is 44.1.